The first kappa shape index (κ1) is 25.3. The van der Waals surface area contributed by atoms with E-state index < -0.39 is 0 Å². The molecule has 1 fully saturated rings. The van der Waals surface area contributed by atoms with Crippen LogP contribution in [0.4, 0.5) is 5.69 Å². The molecular formula is C34H30N4O2. The Morgan fingerprint density at radius 1 is 0.750 bits per heavy atom. The van der Waals surface area contributed by atoms with Crippen molar-refractivity contribution in [2.75, 3.05) is 31.2 Å². The van der Waals surface area contributed by atoms with Crippen molar-refractivity contribution in [3.8, 4) is 22.4 Å². The van der Waals surface area contributed by atoms with Gasteiger partial charge in [-0.1, -0.05) is 91.5 Å². The van der Waals surface area contributed by atoms with Gasteiger partial charge >= 0.3 is 0 Å². The van der Waals surface area contributed by atoms with Crippen LogP contribution in [-0.2, 0) is 4.74 Å². The molecule has 6 rings (SSSR count). The number of nitrogens with one attached hydrogen (secondary N) is 2. The molecule has 2 heterocycles. The van der Waals surface area contributed by atoms with E-state index in [0.717, 1.165) is 70.8 Å². The van der Waals surface area contributed by atoms with Crippen LogP contribution in [0.15, 0.2) is 116 Å². The van der Waals surface area contributed by atoms with Crippen molar-refractivity contribution in [1.29, 1.82) is 0 Å². The summed E-state index contributed by atoms with van der Waals surface area (Å²) < 4.78 is 5.44. The fourth-order valence-electron chi connectivity index (χ4n) is 4.94. The molecule has 0 unspecified atom stereocenters. The van der Waals surface area contributed by atoms with Gasteiger partial charge in [-0.15, -0.1) is 0 Å². The number of benzene rings is 4. The lowest BCUT2D eigenvalue weighted by Crippen LogP contribution is -2.36. The van der Waals surface area contributed by atoms with Gasteiger partial charge in [0.25, 0.3) is 5.91 Å². The normalized spacial score (nSPS) is 13.2. The molecule has 4 aromatic carbocycles. The van der Waals surface area contributed by atoms with E-state index in [-0.39, 0.29) is 5.91 Å². The molecule has 6 nitrogen and oxygen atoms in total. The number of para-hydroxylation sites is 1. The summed E-state index contributed by atoms with van der Waals surface area (Å²) in [5.74, 6) is -0.258. The van der Waals surface area contributed by atoms with Crippen LogP contribution in [-0.4, -0.2) is 37.2 Å². The molecule has 1 aromatic heterocycles. The van der Waals surface area contributed by atoms with Crippen LogP contribution in [0.3, 0.4) is 0 Å². The molecule has 1 amide bonds. The average Bonchev–Trinajstić information content (AvgIpc) is 3.04. The molecule has 198 valence electrons. The monoisotopic (exact) mass is 526 g/mol. The van der Waals surface area contributed by atoms with Crippen molar-refractivity contribution in [2.45, 2.75) is 0 Å². The molecule has 1 aliphatic heterocycles. The number of nitrogens with zero attached hydrogens (tertiary/aromatic N) is 2. The minimum absolute atomic E-state index is 0.258. The molecule has 0 spiro atoms. The first-order valence-electron chi connectivity index (χ1n) is 13.4. The number of morpholine rings is 1. The zero-order chi connectivity index (χ0) is 27.3. The number of pyridine rings is 1. The lowest BCUT2D eigenvalue weighted by molar-refractivity contribution is 0.0944. The highest BCUT2D eigenvalue weighted by Gasteiger charge is 2.15. The Kier molecular flexibility index (Phi) is 7.24. The van der Waals surface area contributed by atoms with Gasteiger partial charge in [0, 0.05) is 29.7 Å². The summed E-state index contributed by atoms with van der Waals surface area (Å²) in [5.41, 5.74) is 13.7. The third kappa shape index (κ3) is 5.44. The highest BCUT2D eigenvalue weighted by molar-refractivity contribution is 6.07. The second-order valence-corrected chi connectivity index (χ2v) is 9.72. The Morgan fingerprint density at radius 2 is 1.40 bits per heavy atom. The van der Waals surface area contributed by atoms with Gasteiger partial charge < -0.3 is 9.64 Å². The zero-order valence-corrected chi connectivity index (χ0v) is 22.1. The van der Waals surface area contributed by atoms with E-state index >= 15 is 0 Å². The molecule has 2 N–H and O–H groups in total. The quantitative estimate of drug-likeness (QED) is 0.243. The lowest BCUT2D eigenvalue weighted by Gasteiger charge is -2.29. The largest absolute Gasteiger partial charge is 0.378 e. The fraction of sp³-hybridized carbons (Fsp3) is 0.118. The minimum Gasteiger partial charge on any atom is -0.378 e. The fourth-order valence-corrected chi connectivity index (χ4v) is 4.94. The van der Waals surface area contributed by atoms with Crippen LogP contribution >= 0.6 is 0 Å². The molecule has 0 atom stereocenters. The third-order valence-electron chi connectivity index (χ3n) is 7.17. The van der Waals surface area contributed by atoms with Gasteiger partial charge in [0.05, 0.1) is 35.7 Å². The Bertz CT molecular complexity index is 1640. The highest BCUT2D eigenvalue weighted by Crippen LogP contribution is 2.28. The molecule has 0 aliphatic carbocycles. The number of amides is 1. The molecule has 40 heavy (non-hydrogen) atoms. The summed E-state index contributed by atoms with van der Waals surface area (Å²) in [4.78, 5) is 20.6. The summed E-state index contributed by atoms with van der Waals surface area (Å²) >= 11 is 0. The smallest absolute Gasteiger partial charge is 0.270 e. The lowest BCUT2D eigenvalue weighted by atomic mass is 10.0. The van der Waals surface area contributed by atoms with Gasteiger partial charge in [-0.3, -0.25) is 15.6 Å². The van der Waals surface area contributed by atoms with Crippen molar-refractivity contribution in [3.05, 3.63) is 127 Å². The number of carbonyl (C=O) groups is 1. The maximum absolute atomic E-state index is 13.4. The number of hydrazine groups is 1. The van der Waals surface area contributed by atoms with Gasteiger partial charge in [0.15, 0.2) is 0 Å². The second-order valence-electron chi connectivity index (χ2n) is 9.72. The van der Waals surface area contributed by atoms with E-state index in [0.29, 0.717) is 11.3 Å². The predicted octanol–water partition coefficient (Wildman–Crippen LogP) is 6.31. The van der Waals surface area contributed by atoms with Crippen LogP contribution in [0.25, 0.3) is 39.0 Å². The maximum atomic E-state index is 13.4. The van der Waals surface area contributed by atoms with Gasteiger partial charge in [0.1, 0.15) is 0 Å². The minimum atomic E-state index is -0.258. The highest BCUT2D eigenvalue weighted by atomic mass is 16.5. The molecule has 6 heteroatoms. The maximum Gasteiger partial charge on any atom is 0.270 e. The van der Waals surface area contributed by atoms with Gasteiger partial charge in [-0.05, 0) is 41.0 Å². The number of ether oxygens (including phenoxy) is 1. The molecule has 0 bridgehead atoms. The zero-order valence-electron chi connectivity index (χ0n) is 22.1. The van der Waals surface area contributed by atoms with Crippen LogP contribution in [0.5, 0.6) is 0 Å². The van der Waals surface area contributed by atoms with Gasteiger partial charge in [-0.25, -0.2) is 4.98 Å². The Morgan fingerprint density at radius 3 is 2.15 bits per heavy atom. The first-order chi connectivity index (χ1) is 19.7. The summed E-state index contributed by atoms with van der Waals surface area (Å²) in [5, 5.41) is 0.784. The van der Waals surface area contributed by atoms with E-state index in [2.05, 4.69) is 58.7 Å². The van der Waals surface area contributed by atoms with E-state index in [9.17, 15) is 4.79 Å². The van der Waals surface area contributed by atoms with Crippen molar-refractivity contribution < 1.29 is 9.53 Å². The molecule has 1 aliphatic rings. The van der Waals surface area contributed by atoms with Gasteiger partial charge in [0.2, 0.25) is 0 Å². The molecular weight excluding hydrogens is 496 g/mol. The van der Waals surface area contributed by atoms with Crippen molar-refractivity contribution in [3.63, 3.8) is 0 Å². The number of carbonyl (C=O) groups excluding carboxylic acids is 1. The summed E-state index contributed by atoms with van der Waals surface area (Å²) in [6.07, 6.45) is 0. The number of hydrogen-bond donors (Lipinski definition) is 2. The summed E-state index contributed by atoms with van der Waals surface area (Å²) in [6, 6.07) is 36.2. The third-order valence-corrected chi connectivity index (χ3v) is 7.17. The number of anilines is 1. The first-order valence-corrected chi connectivity index (χ1v) is 13.4. The van der Waals surface area contributed by atoms with Crippen molar-refractivity contribution in [1.82, 2.24) is 15.8 Å². The Balaban J connectivity index is 1.20. The summed E-state index contributed by atoms with van der Waals surface area (Å²) in [7, 11) is 0. The van der Waals surface area contributed by atoms with Crippen LogP contribution in [0.1, 0.15) is 15.9 Å². The van der Waals surface area contributed by atoms with E-state index in [1.807, 2.05) is 72.8 Å². The SMILES string of the molecule is C=C(NNC(=O)c1cc(-c2ccc(-c3ccccc3)cc2)nc2ccccc12)c1ccc(N2CCOCC2)cc1. The van der Waals surface area contributed by atoms with Crippen molar-refractivity contribution in [2.24, 2.45) is 0 Å². The predicted molar refractivity (Wildman–Crippen MR) is 162 cm³/mol. The van der Waals surface area contributed by atoms with Crippen LogP contribution in [0.2, 0.25) is 0 Å². The number of hydrogen-bond acceptors (Lipinski definition) is 5. The second kappa shape index (κ2) is 11.4. The van der Waals surface area contributed by atoms with Gasteiger partial charge in [-0.2, -0.15) is 0 Å². The standard InChI is InChI=1S/C34H30N4O2/c1-24(25-15-17-29(18-16-25)38-19-21-40-22-20-38)36-37-34(39)31-23-33(35-32-10-6-5-9-30(31)32)28-13-11-27(12-14-28)26-7-3-2-4-8-26/h2-18,23,36H,1,19-22H2,(H,37,39). The van der Waals surface area contributed by atoms with Crippen LogP contribution < -0.4 is 15.8 Å². The van der Waals surface area contributed by atoms with Crippen molar-refractivity contribution >= 4 is 28.2 Å². The Hall–Kier alpha value is -4.94. The van der Waals surface area contributed by atoms with E-state index in [4.69, 9.17) is 9.72 Å². The number of fused-ring (bicyclic) bond motifs is 1. The summed E-state index contributed by atoms with van der Waals surface area (Å²) in [6.45, 7) is 7.37. The molecule has 1 saturated heterocycles. The molecule has 0 saturated carbocycles. The molecule has 5 aromatic rings. The Labute approximate surface area is 233 Å². The topological polar surface area (TPSA) is 66.5 Å². The van der Waals surface area contributed by atoms with Crippen LogP contribution in [0, 0.1) is 0 Å². The average molecular weight is 527 g/mol. The molecule has 0 radical (unpaired) electrons. The number of rotatable bonds is 7. The van der Waals surface area contributed by atoms with E-state index in [1.165, 1.54) is 0 Å². The van der Waals surface area contributed by atoms with E-state index in [1.54, 1.807) is 0 Å². The number of aromatic nitrogens is 1.